The summed E-state index contributed by atoms with van der Waals surface area (Å²) in [5.41, 5.74) is 0. The van der Waals surface area contributed by atoms with Crippen molar-refractivity contribution in [1.29, 1.82) is 0 Å². The van der Waals surface area contributed by atoms with Gasteiger partial charge >= 0.3 is 39.5 Å². The van der Waals surface area contributed by atoms with Gasteiger partial charge in [0.15, 0.2) is 12.2 Å². The van der Waals surface area contributed by atoms with Gasteiger partial charge in [0.2, 0.25) is 0 Å². The van der Waals surface area contributed by atoms with Crippen LogP contribution in [0.1, 0.15) is 452 Å². The van der Waals surface area contributed by atoms with Crippen molar-refractivity contribution in [2.45, 2.75) is 471 Å². The van der Waals surface area contributed by atoms with Gasteiger partial charge in [-0.2, -0.15) is 0 Å². The first kappa shape index (κ1) is 102. The van der Waals surface area contributed by atoms with E-state index in [0.717, 1.165) is 102 Å². The molecule has 0 aromatic carbocycles. The van der Waals surface area contributed by atoms with E-state index in [2.05, 4.69) is 41.5 Å². The second kappa shape index (κ2) is 76.4. The van der Waals surface area contributed by atoms with Crippen LogP contribution in [0.5, 0.6) is 0 Å². The molecule has 0 aliphatic heterocycles. The Morgan fingerprint density at radius 1 is 0.260 bits per heavy atom. The van der Waals surface area contributed by atoms with E-state index < -0.39 is 97.5 Å². The predicted octanol–water partition coefficient (Wildman–Crippen LogP) is 25.8. The van der Waals surface area contributed by atoms with E-state index in [1.54, 1.807) is 0 Å². The highest BCUT2D eigenvalue weighted by Gasteiger charge is 2.30. The van der Waals surface area contributed by atoms with Crippen LogP contribution in [0.25, 0.3) is 0 Å². The smallest absolute Gasteiger partial charge is 0.462 e. The fourth-order valence-electron chi connectivity index (χ4n) is 13.2. The number of hydrogen-bond acceptors (Lipinski definition) is 15. The predicted molar refractivity (Wildman–Crippen MR) is 428 cm³/mol. The van der Waals surface area contributed by atoms with E-state index in [1.165, 1.54) is 263 Å². The highest BCUT2D eigenvalue weighted by atomic mass is 31.2. The third-order valence-electron chi connectivity index (χ3n) is 20.0. The van der Waals surface area contributed by atoms with Gasteiger partial charge in [-0.05, 0) is 37.5 Å². The van der Waals surface area contributed by atoms with Crippen LogP contribution in [-0.2, 0) is 65.4 Å². The van der Waals surface area contributed by atoms with Crippen molar-refractivity contribution >= 4 is 39.5 Å². The van der Waals surface area contributed by atoms with Crippen molar-refractivity contribution in [3.8, 4) is 0 Å². The van der Waals surface area contributed by atoms with Gasteiger partial charge in [-0.25, -0.2) is 9.13 Å². The van der Waals surface area contributed by atoms with Crippen molar-refractivity contribution in [2.75, 3.05) is 39.6 Å². The number of carbonyl (C=O) groups excluding carboxylic acids is 4. The van der Waals surface area contributed by atoms with E-state index in [0.29, 0.717) is 31.6 Å². The monoisotopic (exact) mass is 1520 g/mol. The normalized spacial score (nSPS) is 13.8. The van der Waals surface area contributed by atoms with Crippen LogP contribution in [0.3, 0.4) is 0 Å². The molecule has 104 heavy (non-hydrogen) atoms. The minimum atomic E-state index is -4.96. The molecular formula is C85H166O17P2. The lowest BCUT2D eigenvalue weighted by molar-refractivity contribution is -0.161. The molecule has 3 N–H and O–H groups in total. The second-order valence-corrected chi connectivity index (χ2v) is 34.4. The van der Waals surface area contributed by atoms with Crippen molar-refractivity contribution in [3.05, 3.63) is 0 Å². The Morgan fingerprint density at radius 3 is 0.654 bits per heavy atom. The molecule has 0 rings (SSSR count). The summed E-state index contributed by atoms with van der Waals surface area (Å²) in [5, 5.41) is 10.7. The van der Waals surface area contributed by atoms with Gasteiger partial charge in [0, 0.05) is 25.7 Å². The molecule has 0 heterocycles. The van der Waals surface area contributed by atoms with E-state index in [4.69, 9.17) is 37.0 Å². The Bertz CT molecular complexity index is 1990. The summed E-state index contributed by atoms with van der Waals surface area (Å²) in [7, 11) is -9.92. The number of phosphoric ester groups is 2. The highest BCUT2D eigenvalue weighted by Crippen LogP contribution is 2.45. The minimum Gasteiger partial charge on any atom is -0.462 e. The molecule has 0 aliphatic rings. The van der Waals surface area contributed by atoms with E-state index in [1.807, 2.05) is 0 Å². The lowest BCUT2D eigenvalue weighted by atomic mass is 10.0. The lowest BCUT2D eigenvalue weighted by Gasteiger charge is -2.21. The largest absolute Gasteiger partial charge is 0.472 e. The summed E-state index contributed by atoms with van der Waals surface area (Å²) in [6.45, 7) is 9.60. The quantitative estimate of drug-likeness (QED) is 0.0222. The first-order chi connectivity index (χ1) is 50.4. The first-order valence-electron chi connectivity index (χ1n) is 44.0. The molecule has 0 spiro atoms. The number of aliphatic hydroxyl groups excluding tert-OH is 1. The van der Waals surface area contributed by atoms with Gasteiger partial charge < -0.3 is 33.8 Å². The SMILES string of the molecule is CCCCCCCCCCCCCCCCCCCCCCCCC(=O)O[C@H](COC(=O)CCCCCCCCCCCCCCCCC(C)C)COP(=O)(O)OC[C@@H](O)COP(=O)(O)OC[C@@H](COC(=O)CCCCCCCCC(C)C)OC(=O)CCCCCCCCCCCCCCCCCC. The summed E-state index contributed by atoms with van der Waals surface area (Å²) < 4.78 is 68.8. The van der Waals surface area contributed by atoms with Crippen LogP contribution in [0, 0.1) is 11.8 Å². The van der Waals surface area contributed by atoms with Crippen molar-refractivity contribution in [3.63, 3.8) is 0 Å². The Morgan fingerprint density at radius 2 is 0.442 bits per heavy atom. The Balaban J connectivity index is 5.20. The van der Waals surface area contributed by atoms with Crippen LogP contribution in [-0.4, -0.2) is 96.7 Å². The number of phosphoric acid groups is 2. The van der Waals surface area contributed by atoms with Crippen molar-refractivity contribution < 1.29 is 80.2 Å². The molecule has 0 saturated carbocycles. The van der Waals surface area contributed by atoms with Crippen LogP contribution in [0.4, 0.5) is 0 Å². The summed E-state index contributed by atoms with van der Waals surface area (Å²) >= 11 is 0. The van der Waals surface area contributed by atoms with Gasteiger partial charge in [0.25, 0.3) is 0 Å². The minimum absolute atomic E-state index is 0.107. The standard InChI is InChI=1S/C85H166O17P2/c1-7-9-11-13-15-17-19-21-23-25-26-27-28-29-30-32-38-42-46-50-58-64-69-84(89)101-80(73-95-82(87)67-61-55-48-44-40-36-34-33-35-39-43-47-53-59-65-77(3)4)75-99-103(91,92)97-71-79(86)72-98-104(93,94)100-76-81(74-96-83(88)68-62-56-52-51-54-60-66-78(5)6)102-85(90)70-63-57-49-45-41-37-31-24-22-20-18-16-14-12-10-8-2/h77-81,86H,7-76H2,1-6H3,(H,91,92)(H,93,94)/t79-,80-,81-/m1/s1. The number of hydrogen-bond donors (Lipinski definition) is 3. The zero-order valence-electron chi connectivity index (χ0n) is 68.3. The summed E-state index contributed by atoms with van der Waals surface area (Å²) in [6.07, 6.45) is 68.3. The van der Waals surface area contributed by atoms with Gasteiger partial charge in [-0.1, -0.05) is 401 Å². The summed E-state index contributed by atoms with van der Waals surface area (Å²) in [6, 6.07) is 0. The molecule has 618 valence electrons. The average Bonchev–Trinajstić information content (AvgIpc) is 0.903. The summed E-state index contributed by atoms with van der Waals surface area (Å²) in [5.74, 6) is -0.628. The van der Waals surface area contributed by atoms with Gasteiger partial charge in [-0.3, -0.25) is 37.3 Å². The third kappa shape index (κ3) is 78.2. The topological polar surface area (TPSA) is 237 Å². The lowest BCUT2D eigenvalue weighted by Crippen LogP contribution is -2.30. The molecule has 0 aromatic heterocycles. The van der Waals surface area contributed by atoms with Crippen LogP contribution in [0.2, 0.25) is 0 Å². The summed E-state index contributed by atoms with van der Waals surface area (Å²) in [4.78, 5) is 73.1. The molecule has 0 amide bonds. The maximum Gasteiger partial charge on any atom is 0.472 e. The Hall–Kier alpha value is -1.94. The van der Waals surface area contributed by atoms with Crippen molar-refractivity contribution in [2.24, 2.45) is 11.8 Å². The van der Waals surface area contributed by atoms with E-state index >= 15 is 0 Å². The van der Waals surface area contributed by atoms with E-state index in [-0.39, 0.29) is 25.7 Å². The molecule has 0 fully saturated rings. The van der Waals surface area contributed by atoms with Gasteiger partial charge in [0.05, 0.1) is 26.4 Å². The number of rotatable bonds is 84. The molecule has 0 aromatic rings. The van der Waals surface area contributed by atoms with Crippen molar-refractivity contribution in [1.82, 2.24) is 0 Å². The molecule has 0 saturated heterocycles. The Labute approximate surface area is 638 Å². The van der Waals surface area contributed by atoms with Crippen LogP contribution < -0.4 is 0 Å². The zero-order chi connectivity index (χ0) is 76.4. The Kier molecular flexibility index (Phi) is 75.0. The number of carbonyl (C=O) groups is 4. The fraction of sp³-hybridized carbons (Fsp3) is 0.953. The molecule has 0 bridgehead atoms. The first-order valence-corrected chi connectivity index (χ1v) is 47.0. The molecule has 19 heteroatoms. The number of unbranched alkanes of at least 4 members (excludes halogenated alkanes) is 54. The molecule has 2 unspecified atom stereocenters. The van der Waals surface area contributed by atoms with E-state index in [9.17, 15) is 43.2 Å². The third-order valence-corrected chi connectivity index (χ3v) is 21.9. The maximum atomic E-state index is 13.1. The van der Waals surface area contributed by atoms with Crippen LogP contribution in [0.15, 0.2) is 0 Å². The number of esters is 4. The number of aliphatic hydroxyl groups is 1. The van der Waals surface area contributed by atoms with Gasteiger partial charge in [-0.15, -0.1) is 0 Å². The molecule has 0 radical (unpaired) electrons. The maximum absolute atomic E-state index is 13.1. The molecule has 17 nitrogen and oxygen atoms in total. The number of ether oxygens (including phenoxy) is 4. The zero-order valence-corrected chi connectivity index (χ0v) is 70.1. The fourth-order valence-corrected chi connectivity index (χ4v) is 14.8. The van der Waals surface area contributed by atoms with Crippen LogP contribution >= 0.6 is 15.6 Å². The average molecular weight is 1520 g/mol. The van der Waals surface area contributed by atoms with Gasteiger partial charge in [0.1, 0.15) is 19.3 Å². The molecule has 5 atom stereocenters. The molecular weight excluding hydrogens is 1350 g/mol. The second-order valence-electron chi connectivity index (χ2n) is 31.5. The molecule has 0 aliphatic carbocycles. The highest BCUT2D eigenvalue weighted by molar-refractivity contribution is 7.47.